The lowest BCUT2D eigenvalue weighted by Gasteiger charge is -2.31. The first-order chi connectivity index (χ1) is 9.47. The number of hydrogen-bond donors (Lipinski definition) is 1. The topological polar surface area (TPSA) is 54.9 Å². The van der Waals surface area contributed by atoms with Crippen LogP contribution in [0.3, 0.4) is 0 Å². The number of benzene rings is 1. The minimum atomic E-state index is -0.357. The number of rotatable bonds is 1. The maximum absolute atomic E-state index is 11.8. The highest BCUT2D eigenvalue weighted by molar-refractivity contribution is 6.31. The molecule has 2 heterocycles. The summed E-state index contributed by atoms with van der Waals surface area (Å²) in [6.45, 7) is 3.95. The fourth-order valence-corrected chi connectivity index (χ4v) is 2.93. The molecule has 0 saturated heterocycles. The molecular weight excluding hydrogens is 274 g/mol. The van der Waals surface area contributed by atoms with Crippen molar-refractivity contribution >= 4 is 23.3 Å². The Morgan fingerprint density at radius 3 is 2.60 bits per heavy atom. The smallest absolute Gasteiger partial charge is 0.226 e. The van der Waals surface area contributed by atoms with Crippen LogP contribution in [-0.2, 0) is 10.2 Å². The van der Waals surface area contributed by atoms with Gasteiger partial charge in [0.05, 0.1) is 0 Å². The Bertz CT molecular complexity index is 683. The van der Waals surface area contributed by atoms with E-state index < -0.39 is 0 Å². The lowest BCUT2D eigenvalue weighted by molar-refractivity contribution is -0.117. The molecule has 0 unspecified atom stereocenters. The minimum absolute atomic E-state index is 0.0451. The van der Waals surface area contributed by atoms with E-state index in [2.05, 4.69) is 15.3 Å². The van der Waals surface area contributed by atoms with Crippen molar-refractivity contribution in [2.24, 2.45) is 0 Å². The van der Waals surface area contributed by atoms with E-state index in [0.717, 1.165) is 11.1 Å². The van der Waals surface area contributed by atoms with Gasteiger partial charge in [-0.25, -0.2) is 9.97 Å². The van der Waals surface area contributed by atoms with Gasteiger partial charge < -0.3 is 5.32 Å². The fraction of sp³-hybridized carbons (Fsp3) is 0.267. The Morgan fingerprint density at radius 1 is 1.20 bits per heavy atom. The van der Waals surface area contributed by atoms with Crippen molar-refractivity contribution in [3.63, 3.8) is 0 Å². The maximum Gasteiger partial charge on any atom is 0.226 e. The van der Waals surface area contributed by atoms with Crippen molar-refractivity contribution in [3.8, 4) is 11.4 Å². The number of halogens is 1. The van der Waals surface area contributed by atoms with Crippen LogP contribution in [0.1, 0.15) is 25.8 Å². The second-order valence-corrected chi connectivity index (χ2v) is 5.89. The molecule has 1 aliphatic rings. The standard InChI is InChI=1S/C15H14ClN3O/c1-15(2)8-10(20)17-14-11(15)12(16)18-13(19-14)9-6-4-3-5-7-9/h3-7H,8H2,1-2H3,(H,17,18,19,20). The quantitative estimate of drug-likeness (QED) is 0.818. The highest BCUT2D eigenvalue weighted by atomic mass is 35.5. The first-order valence-corrected chi connectivity index (χ1v) is 6.78. The average molecular weight is 288 g/mol. The number of anilines is 1. The van der Waals surface area contributed by atoms with Crippen molar-refractivity contribution in [1.29, 1.82) is 0 Å². The van der Waals surface area contributed by atoms with Crippen LogP contribution in [0.25, 0.3) is 11.4 Å². The van der Waals surface area contributed by atoms with Gasteiger partial charge in [0.2, 0.25) is 5.91 Å². The molecule has 1 aromatic carbocycles. The molecule has 1 N–H and O–H groups in total. The zero-order valence-electron chi connectivity index (χ0n) is 11.3. The second-order valence-electron chi connectivity index (χ2n) is 5.54. The summed E-state index contributed by atoms with van der Waals surface area (Å²) in [5, 5.41) is 3.19. The monoisotopic (exact) mass is 287 g/mol. The zero-order chi connectivity index (χ0) is 14.3. The second kappa shape index (κ2) is 4.56. The highest BCUT2D eigenvalue weighted by Gasteiger charge is 2.36. The van der Waals surface area contributed by atoms with E-state index in [9.17, 15) is 4.79 Å². The lowest BCUT2D eigenvalue weighted by Crippen LogP contribution is -2.34. The molecule has 1 aliphatic heterocycles. The summed E-state index contributed by atoms with van der Waals surface area (Å²) in [4.78, 5) is 20.6. The van der Waals surface area contributed by atoms with E-state index in [1.165, 1.54) is 0 Å². The molecule has 2 aromatic rings. The summed E-state index contributed by atoms with van der Waals surface area (Å²) in [5.74, 6) is 0.994. The van der Waals surface area contributed by atoms with Crippen LogP contribution >= 0.6 is 11.6 Å². The molecule has 0 aliphatic carbocycles. The maximum atomic E-state index is 11.8. The van der Waals surface area contributed by atoms with Crippen LogP contribution in [0.2, 0.25) is 5.15 Å². The molecule has 0 radical (unpaired) electrons. The van der Waals surface area contributed by atoms with Crippen LogP contribution in [0.15, 0.2) is 30.3 Å². The number of fused-ring (bicyclic) bond motifs is 1. The fourth-order valence-electron chi connectivity index (χ4n) is 2.51. The first kappa shape index (κ1) is 13.1. The molecule has 4 nitrogen and oxygen atoms in total. The van der Waals surface area contributed by atoms with Gasteiger partial charge in [0, 0.05) is 23.0 Å². The van der Waals surface area contributed by atoms with Gasteiger partial charge in [-0.15, -0.1) is 0 Å². The number of nitrogens with zero attached hydrogens (tertiary/aromatic N) is 2. The van der Waals surface area contributed by atoms with Crippen molar-refractivity contribution in [1.82, 2.24) is 9.97 Å². The van der Waals surface area contributed by atoms with Crippen molar-refractivity contribution < 1.29 is 4.79 Å². The number of carbonyl (C=O) groups excluding carboxylic acids is 1. The number of amides is 1. The van der Waals surface area contributed by atoms with Crippen LogP contribution in [-0.4, -0.2) is 15.9 Å². The van der Waals surface area contributed by atoms with Gasteiger partial charge in [-0.05, 0) is 0 Å². The van der Waals surface area contributed by atoms with E-state index in [1.54, 1.807) is 0 Å². The van der Waals surface area contributed by atoms with Crippen LogP contribution in [0.4, 0.5) is 5.82 Å². The number of carbonyl (C=O) groups is 1. The predicted molar refractivity (Wildman–Crippen MR) is 78.8 cm³/mol. The SMILES string of the molecule is CC1(C)CC(=O)Nc2nc(-c3ccccc3)nc(Cl)c21. The molecule has 1 amide bonds. The summed E-state index contributed by atoms with van der Waals surface area (Å²) >= 11 is 6.33. The third kappa shape index (κ3) is 2.16. The van der Waals surface area contributed by atoms with E-state index in [4.69, 9.17) is 11.6 Å². The van der Waals surface area contributed by atoms with Crippen molar-refractivity contribution in [2.75, 3.05) is 5.32 Å². The number of aromatic nitrogens is 2. The molecular formula is C15H14ClN3O. The third-order valence-electron chi connectivity index (χ3n) is 3.43. The summed E-state index contributed by atoms with van der Waals surface area (Å²) in [6, 6.07) is 9.57. The molecule has 20 heavy (non-hydrogen) atoms. The average Bonchev–Trinajstić information content (AvgIpc) is 2.37. The molecule has 0 atom stereocenters. The lowest BCUT2D eigenvalue weighted by atomic mass is 9.80. The molecule has 3 rings (SSSR count). The van der Waals surface area contributed by atoms with E-state index in [-0.39, 0.29) is 11.3 Å². The van der Waals surface area contributed by atoms with Gasteiger partial charge in [-0.1, -0.05) is 55.8 Å². The number of nitrogens with one attached hydrogen (secondary N) is 1. The molecule has 1 aromatic heterocycles. The van der Waals surface area contributed by atoms with E-state index in [0.29, 0.717) is 23.2 Å². The predicted octanol–water partition coefficient (Wildman–Crippen LogP) is 3.42. The summed E-state index contributed by atoms with van der Waals surface area (Å²) in [7, 11) is 0. The van der Waals surface area contributed by atoms with Gasteiger partial charge in [0.25, 0.3) is 0 Å². The molecule has 5 heteroatoms. The van der Waals surface area contributed by atoms with Gasteiger partial charge in [0.15, 0.2) is 5.82 Å². The molecule has 0 saturated carbocycles. The van der Waals surface area contributed by atoms with Gasteiger partial charge >= 0.3 is 0 Å². The minimum Gasteiger partial charge on any atom is -0.310 e. The largest absolute Gasteiger partial charge is 0.310 e. The van der Waals surface area contributed by atoms with Crippen LogP contribution < -0.4 is 5.32 Å². The van der Waals surface area contributed by atoms with Crippen molar-refractivity contribution in [2.45, 2.75) is 25.7 Å². The van der Waals surface area contributed by atoms with Gasteiger partial charge in [-0.2, -0.15) is 0 Å². The zero-order valence-corrected chi connectivity index (χ0v) is 12.0. The Hall–Kier alpha value is -1.94. The van der Waals surface area contributed by atoms with Crippen LogP contribution in [0.5, 0.6) is 0 Å². The van der Waals surface area contributed by atoms with Crippen molar-refractivity contribution in [3.05, 3.63) is 41.0 Å². The highest BCUT2D eigenvalue weighted by Crippen LogP contribution is 2.40. The number of hydrogen-bond acceptors (Lipinski definition) is 3. The van der Waals surface area contributed by atoms with Gasteiger partial charge in [-0.3, -0.25) is 4.79 Å². The van der Waals surface area contributed by atoms with Gasteiger partial charge in [0.1, 0.15) is 11.0 Å². The summed E-state index contributed by atoms with van der Waals surface area (Å²) in [5.41, 5.74) is 1.32. The Morgan fingerprint density at radius 2 is 1.90 bits per heavy atom. The molecule has 0 fully saturated rings. The summed E-state index contributed by atoms with van der Waals surface area (Å²) in [6.07, 6.45) is 0.383. The Kier molecular flexibility index (Phi) is 2.98. The molecule has 0 bridgehead atoms. The Balaban J connectivity index is 2.18. The molecule has 0 spiro atoms. The van der Waals surface area contributed by atoms with E-state index >= 15 is 0 Å². The van der Waals surface area contributed by atoms with Crippen LogP contribution in [0, 0.1) is 0 Å². The first-order valence-electron chi connectivity index (χ1n) is 6.41. The van der Waals surface area contributed by atoms with E-state index in [1.807, 2.05) is 44.2 Å². The normalized spacial score (nSPS) is 16.4. The Labute approximate surface area is 122 Å². The third-order valence-corrected chi connectivity index (χ3v) is 3.71. The summed E-state index contributed by atoms with van der Waals surface area (Å²) < 4.78 is 0. The molecule has 102 valence electrons.